The molecule has 0 fully saturated rings. The van der Waals surface area contributed by atoms with Crippen molar-refractivity contribution in [3.05, 3.63) is 41.5 Å². The van der Waals surface area contributed by atoms with Crippen molar-refractivity contribution < 1.29 is 23.4 Å². The number of benzene rings is 1. The molecular weight excluding hydrogens is 230 g/mol. The molecule has 1 aromatic carbocycles. The first-order chi connectivity index (χ1) is 8.06. The molecule has 17 heavy (non-hydrogen) atoms. The van der Waals surface area contributed by atoms with Gasteiger partial charge >= 0.3 is 5.97 Å². The Kier molecular flexibility index (Phi) is 4.63. The van der Waals surface area contributed by atoms with Gasteiger partial charge in [0.05, 0.1) is 0 Å². The van der Waals surface area contributed by atoms with Crippen molar-refractivity contribution in [2.45, 2.75) is 13.3 Å². The first kappa shape index (κ1) is 13.2. The van der Waals surface area contributed by atoms with E-state index in [1.54, 1.807) is 6.92 Å². The molecule has 1 aromatic rings. The van der Waals surface area contributed by atoms with Crippen LogP contribution in [0.4, 0.5) is 8.78 Å². The van der Waals surface area contributed by atoms with Crippen LogP contribution in [0.25, 0.3) is 0 Å². The van der Waals surface area contributed by atoms with Crippen molar-refractivity contribution in [1.29, 1.82) is 0 Å². The predicted octanol–water partition coefficient (Wildman–Crippen LogP) is 2.76. The van der Waals surface area contributed by atoms with Gasteiger partial charge in [-0.2, -0.15) is 0 Å². The molecule has 0 unspecified atom stereocenters. The highest BCUT2D eigenvalue weighted by atomic mass is 19.1. The molecule has 0 radical (unpaired) electrons. The summed E-state index contributed by atoms with van der Waals surface area (Å²) in [5, 5.41) is 8.71. The fraction of sp³-hybridized carbons (Fsp3) is 0.250. The second-order valence-corrected chi connectivity index (χ2v) is 3.25. The minimum atomic E-state index is -1.06. The Labute approximate surface area is 97.3 Å². The average molecular weight is 242 g/mol. The largest absolute Gasteiger partial charge is 0.483 e. The van der Waals surface area contributed by atoms with Crippen LogP contribution in [-0.4, -0.2) is 17.7 Å². The predicted molar refractivity (Wildman–Crippen MR) is 57.9 cm³/mol. The molecule has 0 saturated heterocycles. The number of carbonyl (C=O) groups is 1. The van der Waals surface area contributed by atoms with Gasteiger partial charge in [-0.25, -0.2) is 13.6 Å². The van der Waals surface area contributed by atoms with Gasteiger partial charge in [0.25, 0.3) is 0 Å². The Morgan fingerprint density at radius 3 is 2.47 bits per heavy atom. The molecule has 0 atom stereocenters. The lowest BCUT2D eigenvalue weighted by Gasteiger charge is -2.06. The van der Waals surface area contributed by atoms with Gasteiger partial charge in [0.1, 0.15) is 6.61 Å². The number of carboxylic acid groups (broad SMARTS) is 1. The molecule has 0 bridgehead atoms. The van der Waals surface area contributed by atoms with Crippen LogP contribution in [0.3, 0.4) is 0 Å². The Bertz CT molecular complexity index is 421. The molecule has 1 N–H and O–H groups in total. The van der Waals surface area contributed by atoms with E-state index >= 15 is 0 Å². The SMILES string of the molecule is CC/C(=C/COc1c(F)cccc1F)C(=O)O. The van der Waals surface area contributed by atoms with Crippen molar-refractivity contribution >= 4 is 5.97 Å². The molecule has 0 aliphatic carbocycles. The van der Waals surface area contributed by atoms with Crippen molar-refractivity contribution in [3.63, 3.8) is 0 Å². The lowest BCUT2D eigenvalue weighted by Crippen LogP contribution is -2.04. The number of para-hydroxylation sites is 1. The molecule has 0 amide bonds. The maximum Gasteiger partial charge on any atom is 0.331 e. The van der Waals surface area contributed by atoms with Crippen LogP contribution < -0.4 is 4.74 Å². The molecule has 92 valence electrons. The number of hydrogen-bond acceptors (Lipinski definition) is 2. The molecule has 1 rings (SSSR count). The fourth-order valence-corrected chi connectivity index (χ4v) is 1.23. The fourth-order valence-electron chi connectivity index (χ4n) is 1.23. The molecule has 0 saturated carbocycles. The summed E-state index contributed by atoms with van der Waals surface area (Å²) in [6, 6.07) is 3.36. The second kappa shape index (κ2) is 5.98. The quantitative estimate of drug-likeness (QED) is 0.807. The number of halogens is 2. The van der Waals surface area contributed by atoms with Crippen LogP contribution >= 0.6 is 0 Å². The Balaban J connectivity index is 2.71. The summed E-state index contributed by atoms with van der Waals surface area (Å²) in [5.74, 6) is -3.19. The third-order valence-electron chi connectivity index (χ3n) is 2.13. The lowest BCUT2D eigenvalue weighted by atomic mass is 10.2. The van der Waals surface area contributed by atoms with Crippen LogP contribution in [0.15, 0.2) is 29.8 Å². The maximum atomic E-state index is 13.1. The molecule has 0 aromatic heterocycles. The third-order valence-corrected chi connectivity index (χ3v) is 2.13. The van der Waals surface area contributed by atoms with Crippen LogP contribution in [0.5, 0.6) is 5.75 Å². The van der Waals surface area contributed by atoms with Gasteiger partial charge < -0.3 is 9.84 Å². The van der Waals surface area contributed by atoms with E-state index in [1.807, 2.05) is 0 Å². The van der Waals surface area contributed by atoms with Crippen molar-refractivity contribution in [1.82, 2.24) is 0 Å². The molecule has 3 nitrogen and oxygen atoms in total. The molecule has 0 spiro atoms. The van der Waals surface area contributed by atoms with E-state index in [0.717, 1.165) is 12.1 Å². The zero-order chi connectivity index (χ0) is 12.8. The van der Waals surface area contributed by atoms with Gasteiger partial charge in [-0.05, 0) is 24.6 Å². The van der Waals surface area contributed by atoms with Crippen molar-refractivity contribution in [3.8, 4) is 5.75 Å². The van der Waals surface area contributed by atoms with E-state index in [-0.39, 0.29) is 12.2 Å². The smallest absolute Gasteiger partial charge is 0.331 e. The summed E-state index contributed by atoms with van der Waals surface area (Å²) in [5.41, 5.74) is 0.141. The lowest BCUT2D eigenvalue weighted by molar-refractivity contribution is -0.132. The minimum Gasteiger partial charge on any atom is -0.483 e. The molecule has 5 heteroatoms. The van der Waals surface area contributed by atoms with E-state index in [2.05, 4.69) is 0 Å². The van der Waals surface area contributed by atoms with E-state index < -0.39 is 23.4 Å². The number of hydrogen-bond donors (Lipinski definition) is 1. The molecular formula is C12H12F2O3. The van der Waals surface area contributed by atoms with Gasteiger partial charge in [0, 0.05) is 5.57 Å². The normalized spacial score (nSPS) is 11.4. The zero-order valence-electron chi connectivity index (χ0n) is 9.24. The highest BCUT2D eigenvalue weighted by Crippen LogP contribution is 2.20. The van der Waals surface area contributed by atoms with Crippen molar-refractivity contribution in [2.75, 3.05) is 6.61 Å². The average Bonchev–Trinajstić information content (AvgIpc) is 2.27. The van der Waals surface area contributed by atoms with Crippen LogP contribution in [0.1, 0.15) is 13.3 Å². The highest BCUT2D eigenvalue weighted by Gasteiger charge is 2.09. The summed E-state index contributed by atoms with van der Waals surface area (Å²) >= 11 is 0. The number of carboxylic acids is 1. The van der Waals surface area contributed by atoms with Crippen molar-refractivity contribution in [2.24, 2.45) is 0 Å². The summed E-state index contributed by atoms with van der Waals surface area (Å²) in [6.07, 6.45) is 1.60. The van der Waals surface area contributed by atoms with Crippen LogP contribution in [-0.2, 0) is 4.79 Å². The maximum absolute atomic E-state index is 13.1. The van der Waals surface area contributed by atoms with E-state index in [0.29, 0.717) is 6.42 Å². The van der Waals surface area contributed by atoms with Gasteiger partial charge in [-0.3, -0.25) is 0 Å². The number of ether oxygens (including phenoxy) is 1. The van der Waals surface area contributed by atoms with Gasteiger partial charge in [-0.1, -0.05) is 13.0 Å². The van der Waals surface area contributed by atoms with Crippen LogP contribution in [0.2, 0.25) is 0 Å². The van der Waals surface area contributed by atoms with E-state index in [1.165, 1.54) is 12.1 Å². The van der Waals surface area contributed by atoms with Crippen LogP contribution in [0, 0.1) is 11.6 Å². The third kappa shape index (κ3) is 3.55. The first-order valence-electron chi connectivity index (χ1n) is 5.05. The Hall–Kier alpha value is -1.91. The Morgan fingerprint density at radius 1 is 1.41 bits per heavy atom. The second-order valence-electron chi connectivity index (χ2n) is 3.25. The topological polar surface area (TPSA) is 46.5 Å². The summed E-state index contributed by atoms with van der Waals surface area (Å²) in [4.78, 5) is 10.6. The number of rotatable bonds is 5. The number of aliphatic carboxylic acids is 1. The molecule has 0 aliphatic heterocycles. The first-order valence-corrected chi connectivity index (χ1v) is 5.05. The minimum absolute atomic E-state index is 0.141. The summed E-state index contributed by atoms with van der Waals surface area (Å²) in [6.45, 7) is 1.48. The van der Waals surface area contributed by atoms with E-state index in [9.17, 15) is 13.6 Å². The highest BCUT2D eigenvalue weighted by molar-refractivity contribution is 5.86. The standard InChI is InChI=1S/C12H12F2O3/c1-2-8(12(15)16)6-7-17-11-9(13)4-3-5-10(11)14/h3-6H,2,7H2,1H3,(H,15,16)/b8-6-. The monoisotopic (exact) mass is 242 g/mol. The molecule has 0 aliphatic rings. The summed E-state index contributed by atoms with van der Waals surface area (Å²) < 4.78 is 31.1. The van der Waals surface area contributed by atoms with E-state index in [4.69, 9.17) is 9.84 Å². The van der Waals surface area contributed by atoms with Gasteiger partial charge in [0.2, 0.25) is 0 Å². The summed E-state index contributed by atoms with van der Waals surface area (Å²) in [7, 11) is 0. The Morgan fingerprint density at radius 2 is 2.00 bits per heavy atom. The van der Waals surface area contributed by atoms with Gasteiger partial charge in [-0.15, -0.1) is 0 Å². The molecule has 0 heterocycles. The zero-order valence-corrected chi connectivity index (χ0v) is 9.24. The van der Waals surface area contributed by atoms with Gasteiger partial charge in [0.15, 0.2) is 17.4 Å².